The van der Waals surface area contributed by atoms with E-state index in [2.05, 4.69) is 21.6 Å². The van der Waals surface area contributed by atoms with E-state index < -0.39 is 0 Å². The maximum atomic E-state index is 13.6. The van der Waals surface area contributed by atoms with Gasteiger partial charge in [-0.25, -0.2) is 4.39 Å². The molecule has 2 aromatic carbocycles. The average Bonchev–Trinajstić information content (AvgIpc) is 3.33. The summed E-state index contributed by atoms with van der Waals surface area (Å²) in [6.45, 7) is 2.94. The van der Waals surface area contributed by atoms with Gasteiger partial charge in [0, 0.05) is 32.4 Å². The van der Waals surface area contributed by atoms with Crippen molar-refractivity contribution in [2.75, 3.05) is 13.1 Å². The van der Waals surface area contributed by atoms with E-state index in [1.54, 1.807) is 12.1 Å². The lowest BCUT2D eigenvalue weighted by molar-refractivity contribution is 0.0556. The summed E-state index contributed by atoms with van der Waals surface area (Å²) in [6, 6.07) is 21.1. The van der Waals surface area contributed by atoms with Crippen LogP contribution in [0.3, 0.4) is 0 Å². The van der Waals surface area contributed by atoms with Crippen molar-refractivity contribution < 1.29 is 9.18 Å². The summed E-state index contributed by atoms with van der Waals surface area (Å²) < 4.78 is 15.7. The topological polar surface area (TPSA) is 28.5 Å². The molecule has 5 rings (SSSR count). The van der Waals surface area contributed by atoms with Crippen molar-refractivity contribution in [3.8, 4) is 0 Å². The number of nitrogens with zero attached hydrogens (tertiary/aromatic N) is 3. The van der Waals surface area contributed by atoms with E-state index in [9.17, 15) is 9.18 Å². The Bertz CT molecular complexity index is 1000. The number of benzene rings is 2. The molecule has 0 bridgehead atoms. The van der Waals surface area contributed by atoms with Gasteiger partial charge in [-0.1, -0.05) is 42.5 Å². The van der Waals surface area contributed by atoms with Gasteiger partial charge in [0.1, 0.15) is 11.5 Å². The van der Waals surface area contributed by atoms with E-state index >= 15 is 0 Å². The largest absolute Gasteiger partial charge is 0.337 e. The van der Waals surface area contributed by atoms with Crippen LogP contribution >= 0.6 is 0 Å². The van der Waals surface area contributed by atoms with Crippen LogP contribution in [0, 0.1) is 5.82 Å². The Balaban J connectivity index is 1.43. The molecule has 0 spiro atoms. The lowest BCUT2D eigenvalue weighted by Crippen LogP contribution is -2.49. The van der Waals surface area contributed by atoms with E-state index in [1.165, 1.54) is 6.07 Å². The second kappa shape index (κ2) is 6.91. The summed E-state index contributed by atoms with van der Waals surface area (Å²) in [4.78, 5) is 17.5. The first-order valence-corrected chi connectivity index (χ1v) is 9.67. The minimum Gasteiger partial charge on any atom is -0.337 e. The minimum absolute atomic E-state index is 0.0858. The fraction of sp³-hybridized carbons (Fsp3) is 0.261. The van der Waals surface area contributed by atoms with Gasteiger partial charge in [0.15, 0.2) is 0 Å². The molecule has 142 valence electrons. The first-order chi connectivity index (χ1) is 13.7. The minimum atomic E-state index is -0.206. The molecule has 0 radical (unpaired) electrons. The van der Waals surface area contributed by atoms with Crippen LogP contribution in [0.25, 0.3) is 0 Å². The number of halogens is 1. The van der Waals surface area contributed by atoms with Crippen LogP contribution in [0.15, 0.2) is 72.9 Å². The van der Waals surface area contributed by atoms with E-state index in [0.717, 1.165) is 29.9 Å². The predicted molar refractivity (Wildman–Crippen MR) is 105 cm³/mol. The van der Waals surface area contributed by atoms with Gasteiger partial charge in [0.25, 0.3) is 5.91 Å². The molecule has 0 saturated carbocycles. The monoisotopic (exact) mass is 375 g/mol. The van der Waals surface area contributed by atoms with E-state index in [-0.39, 0.29) is 23.8 Å². The second-order valence-corrected chi connectivity index (χ2v) is 7.68. The standard InChI is InChI=1S/C23H22FN3O/c24-19-9-4-8-18(12-19)13-25-15-21-22(16-25)27(14-17-6-2-1-3-7-17)23(28)20-10-5-11-26(20)21/h1-12,21-22H,13-16H2/t21-,22-/m0/s1. The molecule has 28 heavy (non-hydrogen) atoms. The number of fused-ring (bicyclic) bond motifs is 3. The predicted octanol–water partition coefficient (Wildman–Crippen LogP) is 3.71. The SMILES string of the molecule is O=C1c2cccn2[C@H]2CN(Cc3cccc(F)c3)C[C@@H]2N1Cc1ccccc1. The van der Waals surface area contributed by atoms with Crippen LogP contribution in [0.2, 0.25) is 0 Å². The molecule has 0 unspecified atom stereocenters. The smallest absolute Gasteiger partial charge is 0.271 e. The summed E-state index contributed by atoms with van der Waals surface area (Å²) in [5.74, 6) is -0.120. The highest BCUT2D eigenvalue weighted by Gasteiger charge is 2.44. The molecule has 1 aromatic heterocycles. The van der Waals surface area contributed by atoms with Gasteiger partial charge in [-0.3, -0.25) is 9.69 Å². The quantitative estimate of drug-likeness (QED) is 0.696. The number of hydrogen-bond acceptors (Lipinski definition) is 2. The molecule has 2 aliphatic heterocycles. The van der Waals surface area contributed by atoms with Crippen LogP contribution < -0.4 is 0 Å². The number of likely N-dealkylation sites (tertiary alicyclic amines) is 1. The van der Waals surface area contributed by atoms with Crippen molar-refractivity contribution in [2.24, 2.45) is 0 Å². The number of aromatic nitrogens is 1. The molecular weight excluding hydrogens is 353 g/mol. The third kappa shape index (κ3) is 3.02. The Hall–Kier alpha value is -2.92. The maximum absolute atomic E-state index is 13.6. The average molecular weight is 375 g/mol. The molecular formula is C23H22FN3O. The van der Waals surface area contributed by atoms with Crippen molar-refractivity contribution in [3.63, 3.8) is 0 Å². The molecule has 3 aromatic rings. The van der Waals surface area contributed by atoms with Gasteiger partial charge in [-0.15, -0.1) is 0 Å². The summed E-state index contributed by atoms with van der Waals surface area (Å²) >= 11 is 0. The van der Waals surface area contributed by atoms with E-state index in [0.29, 0.717) is 13.1 Å². The first kappa shape index (κ1) is 17.2. The summed E-state index contributed by atoms with van der Waals surface area (Å²) in [6.07, 6.45) is 2.01. The Labute approximate surface area is 163 Å². The fourth-order valence-corrected chi connectivity index (χ4v) is 4.58. The van der Waals surface area contributed by atoms with Crippen molar-refractivity contribution in [2.45, 2.75) is 25.2 Å². The molecule has 1 fully saturated rings. The van der Waals surface area contributed by atoms with Crippen LogP contribution in [0.4, 0.5) is 4.39 Å². The van der Waals surface area contributed by atoms with Crippen molar-refractivity contribution in [1.82, 2.24) is 14.4 Å². The Morgan fingerprint density at radius 1 is 0.857 bits per heavy atom. The molecule has 2 aliphatic rings. The molecule has 0 aliphatic carbocycles. The Kier molecular flexibility index (Phi) is 4.24. The zero-order valence-electron chi connectivity index (χ0n) is 15.5. The van der Waals surface area contributed by atoms with Gasteiger partial charge in [-0.05, 0) is 35.4 Å². The summed E-state index contributed by atoms with van der Waals surface area (Å²) in [7, 11) is 0. The van der Waals surface area contributed by atoms with E-state index in [4.69, 9.17) is 0 Å². The molecule has 2 atom stereocenters. The highest BCUT2D eigenvalue weighted by Crippen LogP contribution is 2.35. The number of carbonyl (C=O) groups excluding carboxylic acids is 1. The van der Waals surface area contributed by atoms with Crippen molar-refractivity contribution in [3.05, 3.63) is 95.6 Å². The van der Waals surface area contributed by atoms with Crippen LogP contribution in [0.5, 0.6) is 0 Å². The summed E-state index contributed by atoms with van der Waals surface area (Å²) in [5.41, 5.74) is 2.86. The molecule has 1 saturated heterocycles. The molecule has 3 heterocycles. The van der Waals surface area contributed by atoms with Gasteiger partial charge < -0.3 is 9.47 Å². The van der Waals surface area contributed by atoms with Crippen LogP contribution in [-0.4, -0.2) is 39.4 Å². The highest BCUT2D eigenvalue weighted by molar-refractivity contribution is 5.94. The first-order valence-electron chi connectivity index (χ1n) is 9.67. The van der Waals surface area contributed by atoms with Gasteiger partial charge >= 0.3 is 0 Å². The molecule has 4 nitrogen and oxygen atoms in total. The van der Waals surface area contributed by atoms with Gasteiger partial charge in [-0.2, -0.15) is 0 Å². The lowest BCUT2D eigenvalue weighted by atomic mass is 10.0. The number of rotatable bonds is 4. The second-order valence-electron chi connectivity index (χ2n) is 7.68. The Morgan fingerprint density at radius 2 is 1.64 bits per heavy atom. The lowest BCUT2D eigenvalue weighted by Gasteiger charge is -2.38. The van der Waals surface area contributed by atoms with Crippen molar-refractivity contribution in [1.29, 1.82) is 0 Å². The highest BCUT2D eigenvalue weighted by atomic mass is 19.1. The molecule has 0 N–H and O–H groups in total. The Morgan fingerprint density at radius 3 is 2.46 bits per heavy atom. The van der Waals surface area contributed by atoms with Crippen LogP contribution in [0.1, 0.15) is 27.7 Å². The fourth-order valence-electron chi connectivity index (χ4n) is 4.58. The normalized spacial score (nSPS) is 21.6. The summed E-state index contributed by atoms with van der Waals surface area (Å²) in [5, 5.41) is 0. The number of carbonyl (C=O) groups is 1. The zero-order valence-corrected chi connectivity index (χ0v) is 15.5. The van der Waals surface area contributed by atoms with Crippen molar-refractivity contribution >= 4 is 5.91 Å². The number of amides is 1. The third-order valence-corrected chi connectivity index (χ3v) is 5.84. The van der Waals surface area contributed by atoms with Crippen LogP contribution in [-0.2, 0) is 13.1 Å². The maximum Gasteiger partial charge on any atom is 0.271 e. The van der Waals surface area contributed by atoms with Gasteiger partial charge in [0.05, 0.1) is 12.1 Å². The molecule has 5 heteroatoms. The number of hydrogen-bond donors (Lipinski definition) is 0. The van der Waals surface area contributed by atoms with E-state index in [1.807, 2.05) is 47.5 Å². The molecule has 1 amide bonds. The van der Waals surface area contributed by atoms with Gasteiger partial charge in [0.2, 0.25) is 0 Å². The zero-order chi connectivity index (χ0) is 19.1. The third-order valence-electron chi connectivity index (χ3n) is 5.84.